The van der Waals surface area contributed by atoms with E-state index in [1.807, 2.05) is 30.3 Å². The van der Waals surface area contributed by atoms with E-state index >= 15 is 0 Å². The summed E-state index contributed by atoms with van der Waals surface area (Å²) in [6.07, 6.45) is 0.296. The lowest BCUT2D eigenvalue weighted by molar-refractivity contribution is -0.164. The Balaban J connectivity index is 1.85. The first kappa shape index (κ1) is 22.2. The lowest BCUT2D eigenvalue weighted by Crippen LogP contribution is -2.31. The average Bonchev–Trinajstić information content (AvgIpc) is 3.55. The Bertz CT molecular complexity index is 968. The average molecular weight is 422 g/mol. The Morgan fingerprint density at radius 1 is 1.03 bits per heavy atom. The maximum Gasteiger partial charge on any atom is 0.324 e. The molecule has 0 bridgehead atoms. The number of hydrogen-bond donors (Lipinski definition) is 0. The second-order valence-electron chi connectivity index (χ2n) is 7.03. The number of methoxy groups -OCH3 is 1. The molecule has 1 fully saturated rings. The molecule has 3 rings (SSSR count). The highest BCUT2D eigenvalue weighted by Gasteiger charge is 2.69. The first-order chi connectivity index (χ1) is 15.1. The predicted molar refractivity (Wildman–Crippen MR) is 115 cm³/mol. The fourth-order valence-electron chi connectivity index (χ4n) is 3.52. The summed E-state index contributed by atoms with van der Waals surface area (Å²) in [6, 6.07) is 14.9. The van der Waals surface area contributed by atoms with Gasteiger partial charge in [-0.15, -0.1) is 0 Å². The van der Waals surface area contributed by atoms with E-state index in [2.05, 4.69) is 11.8 Å². The summed E-state index contributed by atoms with van der Waals surface area (Å²) in [5.74, 6) is 5.61. The molecule has 0 amide bonds. The van der Waals surface area contributed by atoms with Crippen LogP contribution >= 0.6 is 0 Å². The molecule has 0 saturated heterocycles. The molecular weight excluding hydrogens is 396 g/mol. The van der Waals surface area contributed by atoms with Gasteiger partial charge in [0, 0.05) is 17.0 Å². The summed E-state index contributed by atoms with van der Waals surface area (Å²) in [5, 5.41) is 0. The third-order valence-corrected chi connectivity index (χ3v) is 5.14. The Kier molecular flexibility index (Phi) is 7.19. The fraction of sp³-hybridized carbons (Fsp3) is 0.360. The molecule has 31 heavy (non-hydrogen) atoms. The fourth-order valence-corrected chi connectivity index (χ4v) is 3.52. The Morgan fingerprint density at radius 2 is 1.71 bits per heavy atom. The highest BCUT2D eigenvalue weighted by molar-refractivity contribution is 6.05. The largest absolute Gasteiger partial charge is 0.497 e. The second-order valence-corrected chi connectivity index (χ2v) is 7.03. The Hall–Kier alpha value is -3.46. The van der Waals surface area contributed by atoms with Crippen molar-refractivity contribution in [3.8, 4) is 23.3 Å². The van der Waals surface area contributed by atoms with E-state index in [-0.39, 0.29) is 19.8 Å². The van der Waals surface area contributed by atoms with E-state index in [1.165, 1.54) is 0 Å². The van der Waals surface area contributed by atoms with Gasteiger partial charge in [-0.1, -0.05) is 30.0 Å². The maximum atomic E-state index is 12.7. The normalized spacial score (nSPS) is 15.8. The first-order valence-corrected chi connectivity index (χ1v) is 10.3. The van der Waals surface area contributed by atoms with Crippen LogP contribution in [0.1, 0.15) is 37.3 Å². The molecule has 1 unspecified atom stereocenters. The van der Waals surface area contributed by atoms with Crippen molar-refractivity contribution in [1.29, 1.82) is 0 Å². The minimum Gasteiger partial charge on any atom is -0.497 e. The molecule has 0 spiro atoms. The molecule has 0 N–H and O–H groups in total. The van der Waals surface area contributed by atoms with Crippen LogP contribution in [0.3, 0.4) is 0 Å². The maximum absolute atomic E-state index is 12.7. The summed E-state index contributed by atoms with van der Waals surface area (Å²) in [4.78, 5) is 25.4. The van der Waals surface area contributed by atoms with Crippen LogP contribution < -0.4 is 9.47 Å². The monoisotopic (exact) mass is 422 g/mol. The summed E-state index contributed by atoms with van der Waals surface area (Å²) in [6.45, 7) is 3.94. The van der Waals surface area contributed by atoms with Gasteiger partial charge in [0.1, 0.15) is 18.1 Å². The van der Waals surface area contributed by atoms with Crippen LogP contribution in [0, 0.1) is 17.3 Å². The van der Waals surface area contributed by atoms with E-state index in [1.54, 1.807) is 39.2 Å². The smallest absolute Gasteiger partial charge is 0.324 e. The highest BCUT2D eigenvalue weighted by atomic mass is 16.6. The van der Waals surface area contributed by atoms with Crippen molar-refractivity contribution in [1.82, 2.24) is 0 Å². The SMILES string of the molecule is CCOC(=O)C1(C(=O)OCC)CC1c1cc(OC)ccc1OCC#Cc1ccccc1. The molecule has 2 aromatic carbocycles. The second kappa shape index (κ2) is 10.0. The molecule has 0 aliphatic heterocycles. The highest BCUT2D eigenvalue weighted by Crippen LogP contribution is 2.62. The first-order valence-electron chi connectivity index (χ1n) is 10.3. The number of benzene rings is 2. The van der Waals surface area contributed by atoms with Crippen LogP contribution in [0.5, 0.6) is 11.5 Å². The summed E-state index contributed by atoms with van der Waals surface area (Å²) >= 11 is 0. The molecule has 6 nitrogen and oxygen atoms in total. The van der Waals surface area contributed by atoms with Crippen molar-refractivity contribution in [3.63, 3.8) is 0 Å². The van der Waals surface area contributed by atoms with Crippen LogP contribution in [0.2, 0.25) is 0 Å². The molecular formula is C25H26O6. The Labute approximate surface area is 182 Å². The molecule has 1 aliphatic carbocycles. The van der Waals surface area contributed by atoms with Crippen molar-refractivity contribution in [2.45, 2.75) is 26.2 Å². The van der Waals surface area contributed by atoms with Gasteiger partial charge >= 0.3 is 11.9 Å². The van der Waals surface area contributed by atoms with Crippen LogP contribution in [-0.4, -0.2) is 38.9 Å². The van der Waals surface area contributed by atoms with Gasteiger partial charge in [0.25, 0.3) is 0 Å². The molecule has 162 valence electrons. The van der Waals surface area contributed by atoms with Crippen LogP contribution in [0.25, 0.3) is 0 Å². The number of hydrogen-bond acceptors (Lipinski definition) is 6. The topological polar surface area (TPSA) is 71.1 Å². The van der Waals surface area contributed by atoms with Gasteiger partial charge in [0.15, 0.2) is 5.41 Å². The summed E-state index contributed by atoms with van der Waals surface area (Å²) in [5.41, 5.74) is 0.237. The third kappa shape index (κ3) is 4.83. The molecule has 6 heteroatoms. The van der Waals surface area contributed by atoms with Crippen LogP contribution in [0.4, 0.5) is 0 Å². The molecule has 1 aliphatic rings. The molecule has 2 aromatic rings. The van der Waals surface area contributed by atoms with Gasteiger partial charge in [0.2, 0.25) is 0 Å². The van der Waals surface area contributed by atoms with Gasteiger partial charge in [-0.2, -0.15) is 0 Å². The van der Waals surface area contributed by atoms with Crippen molar-refractivity contribution < 1.29 is 28.5 Å². The van der Waals surface area contributed by atoms with Crippen molar-refractivity contribution in [2.75, 3.05) is 26.9 Å². The molecule has 0 radical (unpaired) electrons. The minimum absolute atomic E-state index is 0.159. The predicted octanol–water partition coefficient (Wildman–Crippen LogP) is 3.73. The van der Waals surface area contributed by atoms with E-state index < -0.39 is 23.3 Å². The van der Waals surface area contributed by atoms with E-state index in [0.29, 0.717) is 23.5 Å². The van der Waals surface area contributed by atoms with Crippen LogP contribution in [-0.2, 0) is 19.1 Å². The number of carbonyl (C=O) groups is 2. The molecule has 1 saturated carbocycles. The van der Waals surface area contributed by atoms with Gasteiger partial charge < -0.3 is 18.9 Å². The van der Waals surface area contributed by atoms with Crippen molar-refractivity contribution in [3.05, 3.63) is 59.7 Å². The molecule has 0 aromatic heterocycles. The van der Waals surface area contributed by atoms with Crippen molar-refractivity contribution >= 4 is 11.9 Å². The standard InChI is InChI=1S/C25H26O6/c1-4-29-23(26)25(24(27)30-5-2)17-21(25)20-16-19(28-3)13-14-22(20)31-15-9-12-18-10-7-6-8-11-18/h6-8,10-11,13-14,16,21H,4-5,15,17H2,1-3H3. The molecule has 0 heterocycles. The van der Waals surface area contributed by atoms with Crippen molar-refractivity contribution in [2.24, 2.45) is 5.41 Å². The van der Waals surface area contributed by atoms with Crippen LogP contribution in [0.15, 0.2) is 48.5 Å². The zero-order chi connectivity index (χ0) is 22.3. The number of ether oxygens (including phenoxy) is 4. The quantitative estimate of drug-likeness (QED) is 0.367. The third-order valence-electron chi connectivity index (χ3n) is 5.14. The van der Waals surface area contributed by atoms with Gasteiger partial charge in [-0.25, -0.2) is 0 Å². The number of carbonyl (C=O) groups excluding carboxylic acids is 2. The van der Waals surface area contributed by atoms with Gasteiger partial charge in [0.05, 0.1) is 20.3 Å². The number of rotatable bonds is 8. The zero-order valence-corrected chi connectivity index (χ0v) is 18.0. The van der Waals surface area contributed by atoms with E-state index in [0.717, 1.165) is 5.56 Å². The molecule has 1 atom stereocenters. The van der Waals surface area contributed by atoms with E-state index in [9.17, 15) is 9.59 Å². The minimum atomic E-state index is -1.35. The summed E-state index contributed by atoms with van der Waals surface area (Å²) < 4.78 is 21.6. The van der Waals surface area contributed by atoms with Gasteiger partial charge in [-0.3, -0.25) is 9.59 Å². The Morgan fingerprint density at radius 3 is 2.32 bits per heavy atom. The van der Waals surface area contributed by atoms with E-state index in [4.69, 9.17) is 18.9 Å². The lowest BCUT2D eigenvalue weighted by Gasteiger charge is -2.17. The summed E-state index contributed by atoms with van der Waals surface area (Å²) in [7, 11) is 1.56. The van der Waals surface area contributed by atoms with Gasteiger partial charge in [-0.05, 0) is 50.6 Å². The zero-order valence-electron chi connectivity index (χ0n) is 18.0. The number of esters is 2. The lowest BCUT2D eigenvalue weighted by atomic mass is 9.98.